The summed E-state index contributed by atoms with van der Waals surface area (Å²) in [5.74, 6) is 0. The van der Waals surface area contributed by atoms with Crippen molar-refractivity contribution in [2.24, 2.45) is 0 Å². The van der Waals surface area contributed by atoms with Gasteiger partial charge in [-0.25, -0.2) is 0 Å². The molecule has 0 aromatic heterocycles. The van der Waals surface area contributed by atoms with Gasteiger partial charge in [-0.3, -0.25) is 0 Å². The molecule has 0 atom stereocenters. The fourth-order valence-electron chi connectivity index (χ4n) is 0.674. The van der Waals surface area contributed by atoms with Gasteiger partial charge in [0.2, 0.25) is 0 Å². The van der Waals surface area contributed by atoms with Crippen molar-refractivity contribution in [2.45, 2.75) is 2.65 Å². The summed E-state index contributed by atoms with van der Waals surface area (Å²) in [6.07, 6.45) is 0. The second-order valence-corrected chi connectivity index (χ2v) is 11.5. The van der Waals surface area contributed by atoms with Crippen LogP contribution < -0.4 is 4.43 Å². The van der Waals surface area contributed by atoms with E-state index in [2.05, 4.69) is 20.3 Å². The molecule has 1 rings (SSSR count). The van der Waals surface area contributed by atoms with Gasteiger partial charge in [0, 0.05) is 0 Å². The van der Waals surface area contributed by atoms with Gasteiger partial charge in [-0.05, 0) is 0 Å². The Bertz CT molecular complexity index is 247. The van der Waals surface area contributed by atoms with Gasteiger partial charge in [-0.1, -0.05) is 0 Å². The number of hydrogen-bond acceptors (Lipinski definition) is 0. The van der Waals surface area contributed by atoms with Crippen molar-refractivity contribution >= 4 is 59.5 Å². The Morgan fingerprint density at radius 1 is 1.08 bits per heavy atom. The van der Waals surface area contributed by atoms with E-state index in [-0.39, 0.29) is 0 Å². The molecule has 0 unspecified atom stereocenters. The standard InChI is InChI=1S/C6H5.CCl3.Cr.HI/c1-2-4-6-5-3-1;2-1(3)4;;/h1-5H;;;1H/q;;+1;/p-1. The Labute approximate surface area is 102 Å². The molecule has 0 aliphatic heterocycles. The van der Waals surface area contributed by atoms with Gasteiger partial charge < -0.3 is 0 Å². The van der Waals surface area contributed by atoms with Gasteiger partial charge in [0.15, 0.2) is 0 Å². The average molecular weight is 374 g/mol. The zero-order valence-electron chi connectivity index (χ0n) is 5.81. The second kappa shape index (κ2) is 4.73. The molecule has 0 saturated carbocycles. The Balaban J connectivity index is 2.86. The molecule has 0 N–H and O–H groups in total. The van der Waals surface area contributed by atoms with Crippen molar-refractivity contribution in [3.63, 3.8) is 0 Å². The fraction of sp³-hybridized carbons (Fsp3) is 0.143. The quantitative estimate of drug-likeness (QED) is 0.521. The van der Waals surface area contributed by atoms with E-state index in [4.69, 9.17) is 34.8 Å². The zero-order valence-corrected chi connectivity index (χ0v) is 11.5. The Morgan fingerprint density at radius 2 is 1.58 bits per heavy atom. The van der Waals surface area contributed by atoms with Crippen LogP contribution in [0, 0.1) is 0 Å². The SMILES string of the molecule is Cl[C](Cl)(Cl)[Cr]([I])[c]1ccccc1. The Kier molecular flexibility index (Phi) is 4.50. The number of alkyl halides is 3. The molecule has 0 radical (unpaired) electrons. The number of hydrogen-bond donors (Lipinski definition) is 0. The van der Waals surface area contributed by atoms with Crippen LogP contribution in [0.1, 0.15) is 0 Å². The molecule has 0 aliphatic rings. The van der Waals surface area contributed by atoms with Crippen LogP contribution >= 0.6 is 55.1 Å². The first-order chi connectivity index (χ1) is 5.52. The van der Waals surface area contributed by atoms with Crippen LogP contribution in [0.5, 0.6) is 0 Å². The first kappa shape index (κ1) is 11.4. The summed E-state index contributed by atoms with van der Waals surface area (Å²) in [7, 11) is -1.35. The number of benzene rings is 1. The fourth-order valence-corrected chi connectivity index (χ4v) is 4.02. The molecule has 1 aromatic carbocycles. The van der Waals surface area contributed by atoms with Gasteiger partial charge in [0.1, 0.15) is 0 Å². The van der Waals surface area contributed by atoms with Gasteiger partial charge in [-0.2, -0.15) is 0 Å². The molecule has 0 fully saturated rings. The molecule has 67 valence electrons. The summed E-state index contributed by atoms with van der Waals surface area (Å²) in [6.45, 7) is 0. The molecule has 0 bridgehead atoms. The Morgan fingerprint density at radius 3 is 2.00 bits per heavy atom. The first-order valence-electron chi connectivity index (χ1n) is 3.04. The predicted molar refractivity (Wildman–Crippen MR) is 60.4 cm³/mol. The predicted octanol–water partition coefficient (Wildman–Crippen LogP) is 3.61. The molecule has 1 aromatic rings. The molecule has 0 heterocycles. The van der Waals surface area contributed by atoms with Crippen LogP contribution in [0.15, 0.2) is 30.3 Å². The molecule has 0 aliphatic carbocycles. The summed E-state index contributed by atoms with van der Waals surface area (Å²) in [6, 6.07) is 9.87. The van der Waals surface area contributed by atoms with Crippen molar-refractivity contribution in [2.75, 3.05) is 0 Å². The minimum atomic E-state index is -1.35. The molecular weight excluding hydrogens is 369 g/mol. The van der Waals surface area contributed by atoms with Gasteiger partial charge in [-0.15, -0.1) is 0 Å². The van der Waals surface area contributed by atoms with Crippen molar-refractivity contribution < 1.29 is 10.9 Å². The molecular formula is C7H5Cl3CrI. The summed E-state index contributed by atoms with van der Waals surface area (Å²) in [5.41, 5.74) is 0. The van der Waals surface area contributed by atoms with E-state index in [0.717, 1.165) is 4.43 Å². The van der Waals surface area contributed by atoms with Crippen LogP contribution in [-0.4, -0.2) is 2.65 Å². The topological polar surface area (TPSA) is 0 Å². The third kappa shape index (κ3) is 3.25. The monoisotopic (exact) mass is 373 g/mol. The summed E-state index contributed by atoms with van der Waals surface area (Å²) in [5, 5.41) is 0. The van der Waals surface area contributed by atoms with Gasteiger partial charge >= 0.3 is 103 Å². The molecule has 0 nitrogen and oxygen atoms in total. The minimum absolute atomic E-state index is 1.11. The van der Waals surface area contributed by atoms with Crippen LogP contribution in [-0.2, 0) is 10.9 Å². The maximum atomic E-state index is 5.80. The van der Waals surface area contributed by atoms with E-state index in [1.165, 1.54) is 0 Å². The third-order valence-electron chi connectivity index (χ3n) is 1.15. The van der Waals surface area contributed by atoms with Crippen LogP contribution in [0.4, 0.5) is 0 Å². The van der Waals surface area contributed by atoms with Gasteiger partial charge in [0.05, 0.1) is 0 Å². The second-order valence-electron chi connectivity index (χ2n) is 2.02. The van der Waals surface area contributed by atoms with Crippen LogP contribution in [0.2, 0.25) is 0 Å². The van der Waals surface area contributed by atoms with E-state index in [1.54, 1.807) is 0 Å². The summed E-state index contributed by atoms with van der Waals surface area (Å²) in [4.78, 5) is 0. The third-order valence-corrected chi connectivity index (χ3v) is 12.8. The Hall–Kier alpha value is 1.35. The van der Waals surface area contributed by atoms with Crippen molar-refractivity contribution in [3.8, 4) is 0 Å². The van der Waals surface area contributed by atoms with E-state index in [0.29, 0.717) is 0 Å². The molecule has 0 amide bonds. The molecule has 0 saturated heterocycles. The van der Waals surface area contributed by atoms with Crippen LogP contribution in [0.3, 0.4) is 0 Å². The number of rotatable bonds is 1. The molecule has 0 spiro atoms. The van der Waals surface area contributed by atoms with Crippen molar-refractivity contribution in [1.82, 2.24) is 0 Å². The molecule has 12 heavy (non-hydrogen) atoms. The van der Waals surface area contributed by atoms with Gasteiger partial charge in [0.25, 0.3) is 0 Å². The van der Waals surface area contributed by atoms with E-state index in [1.807, 2.05) is 30.3 Å². The number of halogens is 4. The van der Waals surface area contributed by atoms with Crippen molar-refractivity contribution in [3.05, 3.63) is 30.3 Å². The van der Waals surface area contributed by atoms with Crippen molar-refractivity contribution in [1.29, 1.82) is 0 Å². The average Bonchev–Trinajstić information content (AvgIpc) is 2.03. The summed E-state index contributed by atoms with van der Waals surface area (Å²) >= 11 is 19.6. The maximum absolute atomic E-state index is 5.80. The zero-order chi connectivity index (χ0) is 9.19. The van der Waals surface area contributed by atoms with E-state index < -0.39 is 13.5 Å². The van der Waals surface area contributed by atoms with E-state index in [9.17, 15) is 0 Å². The summed E-state index contributed by atoms with van der Waals surface area (Å²) < 4.78 is 0.0418. The first-order valence-corrected chi connectivity index (χ1v) is 9.56. The van der Waals surface area contributed by atoms with Crippen LogP contribution in [0.25, 0.3) is 0 Å². The molecule has 5 heteroatoms. The van der Waals surface area contributed by atoms with E-state index >= 15 is 0 Å². The normalized spacial score (nSPS) is 12.1.